The number of aromatic nitrogens is 2. The number of rotatable bonds is 4. The maximum Gasteiger partial charge on any atom is 0.422 e. The Morgan fingerprint density at radius 3 is 2.00 bits per heavy atom. The molecule has 2 rings (SSSR count). The van der Waals surface area contributed by atoms with Gasteiger partial charge in [0.05, 0.1) is 10.2 Å². The standard InChI is InChI=1S/C14H7BrF9N3O/c1-3-6(15)11(13(20)21)26-27(3)2-4(28)25-12-9(18)7(16)5(14(22,23)24)8(17)10(12)19/h13H,2H2,1H3,(H,25,28). The van der Waals surface area contributed by atoms with Gasteiger partial charge in [-0.15, -0.1) is 0 Å². The first-order chi connectivity index (χ1) is 12.8. The first-order valence-electron chi connectivity index (χ1n) is 7.01. The van der Waals surface area contributed by atoms with Crippen LogP contribution in [0.2, 0.25) is 0 Å². The molecule has 1 aromatic heterocycles. The fourth-order valence-electron chi connectivity index (χ4n) is 2.15. The molecule has 1 amide bonds. The molecule has 0 fully saturated rings. The summed E-state index contributed by atoms with van der Waals surface area (Å²) in [5.74, 6) is -11.9. The lowest BCUT2D eigenvalue weighted by atomic mass is 10.1. The van der Waals surface area contributed by atoms with Crippen LogP contribution in [0, 0.1) is 30.2 Å². The summed E-state index contributed by atoms with van der Waals surface area (Å²) >= 11 is 2.81. The zero-order chi connectivity index (χ0) is 21.5. The molecule has 0 saturated carbocycles. The van der Waals surface area contributed by atoms with Gasteiger partial charge in [-0.1, -0.05) is 0 Å². The summed E-state index contributed by atoms with van der Waals surface area (Å²) in [6.45, 7) is 0.329. The fraction of sp³-hybridized carbons (Fsp3) is 0.286. The van der Waals surface area contributed by atoms with E-state index in [0.717, 1.165) is 0 Å². The monoisotopic (exact) mass is 483 g/mol. The summed E-state index contributed by atoms with van der Waals surface area (Å²) in [5.41, 5.74) is -5.33. The number of benzene rings is 1. The number of halogens is 10. The largest absolute Gasteiger partial charge is 0.422 e. The van der Waals surface area contributed by atoms with E-state index in [1.807, 2.05) is 0 Å². The Labute approximate surface area is 158 Å². The molecule has 0 unspecified atom stereocenters. The van der Waals surface area contributed by atoms with E-state index in [9.17, 15) is 44.3 Å². The van der Waals surface area contributed by atoms with Gasteiger partial charge in [0.25, 0.3) is 6.43 Å². The lowest BCUT2D eigenvalue weighted by Gasteiger charge is -2.14. The van der Waals surface area contributed by atoms with E-state index in [0.29, 0.717) is 4.68 Å². The SMILES string of the molecule is Cc1c(Br)c(C(F)F)nn1CC(=O)Nc1c(F)c(F)c(C(F)(F)F)c(F)c1F. The van der Waals surface area contributed by atoms with Gasteiger partial charge < -0.3 is 5.32 Å². The van der Waals surface area contributed by atoms with Crippen molar-refractivity contribution < 1.29 is 44.3 Å². The predicted molar refractivity (Wildman–Crippen MR) is 79.5 cm³/mol. The first kappa shape index (κ1) is 22.0. The van der Waals surface area contributed by atoms with Crippen LogP contribution in [-0.4, -0.2) is 15.7 Å². The van der Waals surface area contributed by atoms with Gasteiger partial charge in [0.15, 0.2) is 23.3 Å². The van der Waals surface area contributed by atoms with Crippen LogP contribution < -0.4 is 5.32 Å². The molecule has 1 heterocycles. The highest BCUT2D eigenvalue weighted by Crippen LogP contribution is 2.38. The molecule has 0 atom stereocenters. The molecule has 0 aliphatic rings. The fourth-order valence-corrected chi connectivity index (χ4v) is 2.60. The zero-order valence-electron chi connectivity index (χ0n) is 13.4. The van der Waals surface area contributed by atoms with Crippen molar-refractivity contribution >= 4 is 27.5 Å². The molecule has 1 aromatic carbocycles. The summed E-state index contributed by atoms with van der Waals surface area (Å²) < 4.78 is 118. The second-order valence-electron chi connectivity index (χ2n) is 5.29. The van der Waals surface area contributed by atoms with Crippen molar-refractivity contribution in [2.75, 3.05) is 5.32 Å². The molecule has 0 spiro atoms. The van der Waals surface area contributed by atoms with E-state index in [-0.39, 0.29) is 10.2 Å². The Kier molecular flexibility index (Phi) is 6.01. The molecule has 0 radical (unpaired) electrons. The third-order valence-electron chi connectivity index (χ3n) is 3.47. The van der Waals surface area contributed by atoms with Crippen molar-refractivity contribution in [1.82, 2.24) is 9.78 Å². The number of nitrogens with one attached hydrogen (secondary N) is 1. The minimum absolute atomic E-state index is 0.0103. The Hall–Kier alpha value is -2.25. The zero-order valence-corrected chi connectivity index (χ0v) is 15.0. The van der Waals surface area contributed by atoms with Crippen molar-refractivity contribution in [3.8, 4) is 0 Å². The van der Waals surface area contributed by atoms with Crippen LogP contribution in [0.25, 0.3) is 0 Å². The average molecular weight is 484 g/mol. The molecule has 0 bridgehead atoms. The van der Waals surface area contributed by atoms with E-state index in [1.165, 1.54) is 12.2 Å². The summed E-state index contributed by atoms with van der Waals surface area (Å²) in [4.78, 5) is 11.9. The molecule has 14 heteroatoms. The average Bonchev–Trinajstić information content (AvgIpc) is 2.84. The Morgan fingerprint density at radius 2 is 1.61 bits per heavy atom. The minimum Gasteiger partial charge on any atom is -0.319 e. The minimum atomic E-state index is -5.73. The molecule has 154 valence electrons. The van der Waals surface area contributed by atoms with Gasteiger partial charge in [-0.3, -0.25) is 9.48 Å². The maximum atomic E-state index is 13.8. The summed E-state index contributed by atoms with van der Waals surface area (Å²) in [5, 5.41) is 4.76. The second-order valence-corrected chi connectivity index (χ2v) is 6.09. The van der Waals surface area contributed by atoms with Gasteiger partial charge in [-0.05, 0) is 22.9 Å². The van der Waals surface area contributed by atoms with Crippen LogP contribution in [-0.2, 0) is 17.5 Å². The number of hydrogen-bond donors (Lipinski definition) is 1. The molecule has 28 heavy (non-hydrogen) atoms. The molecule has 4 nitrogen and oxygen atoms in total. The quantitative estimate of drug-likeness (QED) is 0.485. The third-order valence-corrected chi connectivity index (χ3v) is 4.45. The number of carbonyl (C=O) groups excluding carboxylic acids is 1. The van der Waals surface area contributed by atoms with Crippen molar-refractivity contribution in [3.63, 3.8) is 0 Å². The van der Waals surface area contributed by atoms with Crippen LogP contribution in [0.15, 0.2) is 4.47 Å². The summed E-state index contributed by atoms with van der Waals surface area (Å²) in [6, 6.07) is 0. The van der Waals surface area contributed by atoms with Crippen molar-refractivity contribution in [2.45, 2.75) is 26.1 Å². The van der Waals surface area contributed by atoms with Gasteiger partial charge in [-0.25, -0.2) is 26.3 Å². The van der Waals surface area contributed by atoms with Crippen LogP contribution >= 0.6 is 15.9 Å². The Morgan fingerprint density at radius 1 is 1.11 bits per heavy atom. The number of hydrogen-bond acceptors (Lipinski definition) is 2. The van der Waals surface area contributed by atoms with Crippen molar-refractivity contribution in [2.24, 2.45) is 0 Å². The molecule has 0 aliphatic heterocycles. The van der Waals surface area contributed by atoms with Gasteiger partial charge >= 0.3 is 6.18 Å². The van der Waals surface area contributed by atoms with Crippen LogP contribution in [0.1, 0.15) is 23.4 Å². The first-order valence-corrected chi connectivity index (χ1v) is 7.80. The van der Waals surface area contributed by atoms with Gasteiger partial charge in [-0.2, -0.15) is 18.3 Å². The van der Waals surface area contributed by atoms with Crippen LogP contribution in [0.4, 0.5) is 45.2 Å². The highest BCUT2D eigenvalue weighted by atomic mass is 79.9. The predicted octanol–water partition coefficient (Wildman–Crippen LogP) is 5.11. The number of alkyl halides is 5. The molecular weight excluding hydrogens is 477 g/mol. The van der Waals surface area contributed by atoms with Gasteiger partial charge in [0.1, 0.15) is 23.5 Å². The van der Waals surface area contributed by atoms with Crippen LogP contribution in [0.5, 0.6) is 0 Å². The number of amides is 1. The lowest BCUT2D eigenvalue weighted by molar-refractivity contribution is -0.143. The van der Waals surface area contributed by atoms with E-state index >= 15 is 0 Å². The van der Waals surface area contributed by atoms with Gasteiger partial charge in [0.2, 0.25) is 5.91 Å². The molecule has 2 aromatic rings. The third kappa shape index (κ3) is 3.95. The van der Waals surface area contributed by atoms with E-state index < -0.39 is 65.3 Å². The molecule has 0 aliphatic carbocycles. The number of anilines is 1. The van der Waals surface area contributed by atoms with Crippen molar-refractivity contribution in [1.29, 1.82) is 0 Å². The maximum absolute atomic E-state index is 13.8. The molecule has 0 saturated heterocycles. The summed E-state index contributed by atoms with van der Waals surface area (Å²) in [6.07, 6.45) is -8.76. The van der Waals surface area contributed by atoms with Crippen molar-refractivity contribution in [3.05, 3.63) is 44.7 Å². The Bertz CT molecular complexity index is 910. The molecule has 1 N–H and O–H groups in total. The lowest BCUT2D eigenvalue weighted by Crippen LogP contribution is -2.24. The summed E-state index contributed by atoms with van der Waals surface area (Å²) in [7, 11) is 0. The normalized spacial score (nSPS) is 12.0. The number of nitrogens with zero attached hydrogens (tertiary/aromatic N) is 2. The highest BCUT2D eigenvalue weighted by molar-refractivity contribution is 9.10. The van der Waals surface area contributed by atoms with Gasteiger partial charge in [0, 0.05) is 0 Å². The topological polar surface area (TPSA) is 46.9 Å². The van der Waals surface area contributed by atoms with Crippen LogP contribution in [0.3, 0.4) is 0 Å². The molecular formula is C14H7BrF9N3O. The van der Waals surface area contributed by atoms with E-state index in [2.05, 4.69) is 21.0 Å². The number of carbonyl (C=O) groups is 1. The van der Waals surface area contributed by atoms with E-state index in [1.54, 1.807) is 0 Å². The second kappa shape index (κ2) is 7.64. The smallest absolute Gasteiger partial charge is 0.319 e. The Balaban J connectivity index is 2.37. The highest BCUT2D eigenvalue weighted by Gasteiger charge is 2.42. The van der Waals surface area contributed by atoms with E-state index in [4.69, 9.17) is 0 Å².